The summed E-state index contributed by atoms with van der Waals surface area (Å²) in [6.45, 7) is 0.461. The first kappa shape index (κ1) is 19.2. The molecule has 3 N–H and O–H groups in total. The number of fused-ring (bicyclic) bond motifs is 1. The lowest BCUT2D eigenvalue weighted by atomic mass is 10.1. The number of aromatic nitrogens is 1. The lowest BCUT2D eigenvalue weighted by Gasteiger charge is -2.14. The Morgan fingerprint density at radius 2 is 1.50 bits per heavy atom. The molecular formula is C23H22N2O3. The molecule has 0 aliphatic carbocycles. The summed E-state index contributed by atoms with van der Waals surface area (Å²) in [4.78, 5) is 4.46. The van der Waals surface area contributed by atoms with Crippen molar-refractivity contribution in [2.75, 3.05) is 7.11 Å². The van der Waals surface area contributed by atoms with Crippen molar-refractivity contribution in [1.82, 2.24) is 11.1 Å². The molecule has 5 heteroatoms. The number of methoxy groups -OCH3 is 1. The summed E-state index contributed by atoms with van der Waals surface area (Å²) in [6.07, 6.45) is 1.73. The van der Waals surface area contributed by atoms with Crippen LogP contribution in [0.4, 0.5) is 0 Å². The SMILES string of the molecule is COc1cc2c(Oc3ccccc3)ccnc2cc1OCc1ccccc1.N. The molecule has 0 aliphatic heterocycles. The van der Waals surface area contributed by atoms with Crippen molar-refractivity contribution in [3.63, 3.8) is 0 Å². The number of ether oxygens (including phenoxy) is 3. The van der Waals surface area contributed by atoms with E-state index in [-0.39, 0.29) is 6.15 Å². The van der Waals surface area contributed by atoms with Crippen LogP contribution in [0.2, 0.25) is 0 Å². The molecular weight excluding hydrogens is 352 g/mol. The van der Waals surface area contributed by atoms with E-state index in [1.54, 1.807) is 13.3 Å². The average Bonchev–Trinajstić information content (AvgIpc) is 2.73. The van der Waals surface area contributed by atoms with E-state index < -0.39 is 0 Å². The Labute approximate surface area is 164 Å². The summed E-state index contributed by atoms with van der Waals surface area (Å²) in [6, 6.07) is 25.3. The van der Waals surface area contributed by atoms with E-state index >= 15 is 0 Å². The Balaban J connectivity index is 0.00000225. The van der Waals surface area contributed by atoms with Gasteiger partial charge in [0.2, 0.25) is 0 Å². The molecule has 3 aromatic carbocycles. The third-order valence-electron chi connectivity index (χ3n) is 4.20. The highest BCUT2D eigenvalue weighted by molar-refractivity contribution is 5.88. The Hall–Kier alpha value is -3.57. The third-order valence-corrected chi connectivity index (χ3v) is 4.20. The molecule has 0 amide bonds. The van der Waals surface area contributed by atoms with Crippen molar-refractivity contribution in [2.45, 2.75) is 6.61 Å². The molecule has 1 aromatic heterocycles. The summed E-state index contributed by atoms with van der Waals surface area (Å²) >= 11 is 0. The van der Waals surface area contributed by atoms with Gasteiger partial charge in [0.15, 0.2) is 11.5 Å². The lowest BCUT2D eigenvalue weighted by Crippen LogP contribution is -1.98. The van der Waals surface area contributed by atoms with E-state index in [4.69, 9.17) is 14.2 Å². The van der Waals surface area contributed by atoms with Crippen molar-refractivity contribution in [3.8, 4) is 23.0 Å². The topological polar surface area (TPSA) is 75.6 Å². The standard InChI is InChI=1S/C23H19NO3.H3N/c1-25-22-14-19-20(15-23(22)26-16-17-8-4-2-5-9-17)24-13-12-21(19)27-18-10-6-3-7-11-18;/h2-15H,16H2,1H3;1H3. The van der Waals surface area contributed by atoms with Crippen molar-refractivity contribution in [2.24, 2.45) is 0 Å². The van der Waals surface area contributed by atoms with E-state index in [9.17, 15) is 0 Å². The fraction of sp³-hybridized carbons (Fsp3) is 0.0870. The number of rotatable bonds is 6. The molecule has 0 saturated heterocycles. The van der Waals surface area contributed by atoms with Gasteiger partial charge in [-0.25, -0.2) is 0 Å². The first-order valence-electron chi connectivity index (χ1n) is 8.70. The summed E-state index contributed by atoms with van der Waals surface area (Å²) in [5.41, 5.74) is 1.88. The number of benzene rings is 3. The highest BCUT2D eigenvalue weighted by atomic mass is 16.5. The maximum Gasteiger partial charge on any atom is 0.163 e. The second-order valence-electron chi connectivity index (χ2n) is 6.02. The van der Waals surface area contributed by atoms with Crippen LogP contribution in [-0.2, 0) is 6.61 Å². The molecule has 0 bridgehead atoms. The number of nitrogens with zero attached hydrogens (tertiary/aromatic N) is 1. The fourth-order valence-corrected chi connectivity index (χ4v) is 2.84. The van der Waals surface area contributed by atoms with Gasteiger partial charge in [0.1, 0.15) is 18.1 Å². The monoisotopic (exact) mass is 374 g/mol. The average molecular weight is 374 g/mol. The number of hydrogen-bond donors (Lipinski definition) is 1. The maximum atomic E-state index is 6.02. The Bertz CT molecular complexity index is 1040. The second kappa shape index (κ2) is 8.88. The van der Waals surface area contributed by atoms with Crippen LogP contribution in [0.25, 0.3) is 10.9 Å². The van der Waals surface area contributed by atoms with Gasteiger partial charge in [-0.1, -0.05) is 48.5 Å². The first-order chi connectivity index (χ1) is 13.3. The molecule has 28 heavy (non-hydrogen) atoms. The van der Waals surface area contributed by atoms with Crippen LogP contribution in [-0.4, -0.2) is 12.1 Å². The molecule has 4 aromatic rings. The van der Waals surface area contributed by atoms with Crippen LogP contribution in [0.5, 0.6) is 23.0 Å². The molecule has 0 spiro atoms. The summed E-state index contributed by atoms with van der Waals surface area (Å²) in [7, 11) is 1.63. The van der Waals surface area contributed by atoms with E-state index in [0.717, 1.165) is 28.0 Å². The van der Waals surface area contributed by atoms with Crippen LogP contribution in [0.15, 0.2) is 85.1 Å². The Kier molecular flexibility index (Phi) is 6.09. The smallest absolute Gasteiger partial charge is 0.163 e. The van der Waals surface area contributed by atoms with Gasteiger partial charge in [0, 0.05) is 17.6 Å². The van der Waals surface area contributed by atoms with Crippen molar-refractivity contribution >= 4 is 10.9 Å². The van der Waals surface area contributed by atoms with Crippen LogP contribution in [0, 0.1) is 0 Å². The van der Waals surface area contributed by atoms with Gasteiger partial charge >= 0.3 is 0 Å². The van der Waals surface area contributed by atoms with Crippen molar-refractivity contribution in [3.05, 3.63) is 90.6 Å². The van der Waals surface area contributed by atoms with E-state index in [2.05, 4.69) is 4.98 Å². The fourth-order valence-electron chi connectivity index (χ4n) is 2.84. The molecule has 142 valence electrons. The molecule has 0 atom stereocenters. The molecule has 1 heterocycles. The minimum Gasteiger partial charge on any atom is -0.493 e. The van der Waals surface area contributed by atoms with Gasteiger partial charge in [-0.2, -0.15) is 0 Å². The first-order valence-corrected chi connectivity index (χ1v) is 8.70. The minimum absolute atomic E-state index is 0. The predicted octanol–water partition coefficient (Wildman–Crippen LogP) is 5.78. The molecule has 0 radical (unpaired) electrons. The largest absolute Gasteiger partial charge is 0.493 e. The molecule has 0 saturated carbocycles. The highest BCUT2D eigenvalue weighted by Crippen LogP contribution is 2.37. The lowest BCUT2D eigenvalue weighted by molar-refractivity contribution is 0.285. The van der Waals surface area contributed by atoms with Gasteiger partial charge < -0.3 is 20.4 Å². The number of hydrogen-bond acceptors (Lipinski definition) is 5. The Morgan fingerprint density at radius 3 is 2.21 bits per heavy atom. The molecule has 4 rings (SSSR count). The highest BCUT2D eigenvalue weighted by Gasteiger charge is 2.12. The zero-order valence-electron chi connectivity index (χ0n) is 15.7. The van der Waals surface area contributed by atoms with E-state index in [0.29, 0.717) is 18.1 Å². The number of pyridine rings is 1. The van der Waals surface area contributed by atoms with Crippen LogP contribution in [0.3, 0.4) is 0 Å². The summed E-state index contributed by atoms with van der Waals surface area (Å²) in [5.74, 6) is 2.79. The van der Waals surface area contributed by atoms with Gasteiger partial charge in [-0.05, 0) is 29.8 Å². The van der Waals surface area contributed by atoms with Crippen LogP contribution < -0.4 is 20.4 Å². The third kappa shape index (κ3) is 4.22. The summed E-state index contributed by atoms with van der Waals surface area (Å²) in [5, 5.41) is 0.866. The van der Waals surface area contributed by atoms with E-state index in [1.165, 1.54) is 0 Å². The predicted molar refractivity (Wildman–Crippen MR) is 111 cm³/mol. The van der Waals surface area contributed by atoms with Gasteiger partial charge in [-0.15, -0.1) is 0 Å². The second-order valence-corrected chi connectivity index (χ2v) is 6.02. The van der Waals surface area contributed by atoms with Crippen molar-refractivity contribution < 1.29 is 14.2 Å². The molecule has 0 aliphatic rings. The van der Waals surface area contributed by atoms with Gasteiger partial charge in [0.05, 0.1) is 12.6 Å². The zero-order valence-corrected chi connectivity index (χ0v) is 15.7. The van der Waals surface area contributed by atoms with Crippen molar-refractivity contribution in [1.29, 1.82) is 0 Å². The number of para-hydroxylation sites is 1. The van der Waals surface area contributed by atoms with Crippen LogP contribution in [0.1, 0.15) is 5.56 Å². The molecule has 0 fully saturated rings. The molecule has 0 unspecified atom stereocenters. The van der Waals surface area contributed by atoms with Gasteiger partial charge in [0.25, 0.3) is 0 Å². The minimum atomic E-state index is 0. The Morgan fingerprint density at radius 1 is 0.786 bits per heavy atom. The maximum absolute atomic E-state index is 6.02. The normalized spacial score (nSPS) is 10.2. The quantitative estimate of drug-likeness (QED) is 0.463. The van der Waals surface area contributed by atoms with Gasteiger partial charge in [-0.3, -0.25) is 4.98 Å². The molecule has 5 nitrogen and oxygen atoms in total. The summed E-state index contributed by atoms with van der Waals surface area (Å²) < 4.78 is 17.5. The zero-order chi connectivity index (χ0) is 18.5. The van der Waals surface area contributed by atoms with Crippen LogP contribution >= 0.6 is 0 Å². The van der Waals surface area contributed by atoms with E-state index in [1.807, 2.05) is 78.9 Å².